The summed E-state index contributed by atoms with van der Waals surface area (Å²) in [5, 5.41) is 3.27. The second-order valence-corrected chi connectivity index (χ2v) is 15.9. The van der Waals surface area contributed by atoms with Gasteiger partial charge in [0, 0.05) is 0 Å². The highest BCUT2D eigenvalue weighted by Gasteiger charge is 2.36. The Balaban J connectivity index is 1.35. The summed E-state index contributed by atoms with van der Waals surface area (Å²) >= 11 is 0. The van der Waals surface area contributed by atoms with E-state index < -0.39 is 8.07 Å². The van der Waals surface area contributed by atoms with Crippen molar-refractivity contribution in [1.82, 2.24) is 0 Å². The fourth-order valence-electron chi connectivity index (χ4n) is 6.20. The highest BCUT2D eigenvalue weighted by Crippen LogP contribution is 2.38. The summed E-state index contributed by atoms with van der Waals surface area (Å²) in [6, 6.07) is 23.9. The van der Waals surface area contributed by atoms with E-state index in [2.05, 4.69) is 86.3 Å². The van der Waals surface area contributed by atoms with Gasteiger partial charge in [-0.15, -0.1) is 0 Å². The summed E-state index contributed by atoms with van der Waals surface area (Å²) in [5.74, 6) is 0. The monoisotopic (exact) mass is 514 g/mol. The van der Waals surface area contributed by atoms with Gasteiger partial charge in [0.2, 0.25) is 0 Å². The van der Waals surface area contributed by atoms with E-state index in [0.717, 1.165) is 6.42 Å². The minimum Gasteiger partial charge on any atom is -0.0804 e. The third-order valence-electron chi connectivity index (χ3n) is 8.55. The molecule has 0 saturated carbocycles. The highest BCUT2D eigenvalue weighted by molar-refractivity contribution is 6.98. The fourth-order valence-corrected chi connectivity index (χ4v) is 10.4. The molecule has 0 nitrogen and oxygen atoms in total. The molecule has 1 heteroatoms. The fraction of sp³-hybridized carbons (Fsp3) is 0.556. The minimum atomic E-state index is -1.75. The van der Waals surface area contributed by atoms with Crippen molar-refractivity contribution in [3.8, 4) is 0 Å². The van der Waals surface area contributed by atoms with Gasteiger partial charge < -0.3 is 0 Å². The van der Waals surface area contributed by atoms with Crippen LogP contribution in [0.5, 0.6) is 0 Å². The van der Waals surface area contributed by atoms with E-state index in [1.54, 1.807) is 10.4 Å². The zero-order chi connectivity index (χ0) is 26.0. The molecule has 0 amide bonds. The Morgan fingerprint density at radius 2 is 1.00 bits per heavy atom. The smallest absolute Gasteiger partial charge is 0.0804 e. The lowest BCUT2D eigenvalue weighted by atomic mass is 10.0. The number of rotatable bonds is 20. The lowest BCUT2D eigenvalue weighted by Crippen LogP contribution is -2.47. The van der Waals surface area contributed by atoms with Gasteiger partial charge in [0.05, 0.1) is 0 Å². The van der Waals surface area contributed by atoms with Crippen LogP contribution < -0.4 is 5.19 Å². The molecule has 2 aromatic rings. The van der Waals surface area contributed by atoms with Crippen LogP contribution >= 0.6 is 0 Å². The Bertz CT molecular complexity index is 910. The van der Waals surface area contributed by atoms with Crippen molar-refractivity contribution < 1.29 is 0 Å². The van der Waals surface area contributed by atoms with Gasteiger partial charge in [-0.1, -0.05) is 199 Å². The van der Waals surface area contributed by atoms with Crippen LogP contribution in [0.15, 0.2) is 78.0 Å². The standard InChI is InChI=1S/C36H54Si/c1-3-4-5-6-7-8-9-10-11-12-13-14-15-16-17-24-32-37(2,34-28-22-19-23-29-34)36-31-25-30-35(36)33-26-20-18-21-27-33/h18-23,26-31H,3-17,24-25,32H2,1-2H3. The molecule has 0 heterocycles. The third-order valence-corrected chi connectivity index (χ3v) is 13.2. The summed E-state index contributed by atoms with van der Waals surface area (Å²) in [5.41, 5.74) is 2.91. The summed E-state index contributed by atoms with van der Waals surface area (Å²) < 4.78 is 0. The van der Waals surface area contributed by atoms with Gasteiger partial charge in [0.1, 0.15) is 8.07 Å². The van der Waals surface area contributed by atoms with E-state index in [4.69, 9.17) is 0 Å². The molecular weight excluding hydrogens is 460 g/mol. The van der Waals surface area contributed by atoms with E-state index in [1.165, 1.54) is 120 Å². The average molecular weight is 515 g/mol. The third kappa shape index (κ3) is 10.1. The van der Waals surface area contributed by atoms with E-state index >= 15 is 0 Å². The molecule has 0 spiro atoms. The largest absolute Gasteiger partial charge is 0.115 e. The summed E-state index contributed by atoms with van der Waals surface area (Å²) in [6.07, 6.45) is 29.1. The summed E-state index contributed by atoms with van der Waals surface area (Å²) in [4.78, 5) is 0. The topological polar surface area (TPSA) is 0 Å². The molecule has 0 bridgehead atoms. The van der Waals surface area contributed by atoms with Crippen molar-refractivity contribution in [2.24, 2.45) is 0 Å². The quantitative estimate of drug-likeness (QED) is 0.122. The Kier molecular flexibility index (Phi) is 14.1. The number of benzene rings is 2. The minimum absolute atomic E-state index is 1.09. The van der Waals surface area contributed by atoms with Gasteiger partial charge in [-0.2, -0.15) is 0 Å². The van der Waals surface area contributed by atoms with Crippen LogP contribution in [0.1, 0.15) is 122 Å². The lowest BCUT2D eigenvalue weighted by molar-refractivity contribution is 0.531. The van der Waals surface area contributed by atoms with Crippen molar-refractivity contribution in [1.29, 1.82) is 0 Å². The Morgan fingerprint density at radius 1 is 0.541 bits per heavy atom. The molecule has 0 N–H and O–H groups in total. The molecule has 0 aromatic heterocycles. The molecule has 3 rings (SSSR count). The maximum atomic E-state index is 2.63. The summed E-state index contributed by atoms with van der Waals surface area (Å²) in [7, 11) is -1.75. The normalized spacial score (nSPS) is 14.9. The van der Waals surface area contributed by atoms with E-state index in [0.29, 0.717) is 0 Å². The first kappa shape index (κ1) is 29.7. The van der Waals surface area contributed by atoms with Crippen molar-refractivity contribution in [3.05, 3.63) is 83.6 Å². The van der Waals surface area contributed by atoms with Crippen molar-refractivity contribution in [3.63, 3.8) is 0 Å². The predicted octanol–water partition coefficient (Wildman–Crippen LogP) is 11.2. The zero-order valence-corrected chi connectivity index (χ0v) is 25.2. The lowest BCUT2D eigenvalue weighted by Gasteiger charge is -2.32. The molecule has 37 heavy (non-hydrogen) atoms. The van der Waals surface area contributed by atoms with Gasteiger partial charge in [-0.3, -0.25) is 0 Å². The molecular formula is C36H54Si. The molecule has 0 aliphatic heterocycles. The Hall–Kier alpha value is -1.86. The first-order valence-electron chi connectivity index (χ1n) is 15.8. The number of allylic oxidation sites excluding steroid dienone is 4. The van der Waals surface area contributed by atoms with Crippen molar-refractivity contribution in [2.75, 3.05) is 0 Å². The van der Waals surface area contributed by atoms with Gasteiger partial charge in [-0.25, -0.2) is 0 Å². The SMILES string of the molecule is CCCCCCCCCCCCCCCCCC[Si](C)(C1=CCC=C1c1ccccc1)c1ccccc1. The molecule has 1 atom stereocenters. The van der Waals surface area contributed by atoms with E-state index in [1.807, 2.05) is 0 Å². The summed E-state index contributed by atoms with van der Waals surface area (Å²) in [6.45, 7) is 4.93. The van der Waals surface area contributed by atoms with Crippen molar-refractivity contribution in [2.45, 2.75) is 129 Å². The second kappa shape index (κ2) is 17.6. The molecule has 1 aliphatic carbocycles. The van der Waals surface area contributed by atoms with Crippen LogP contribution in [0, 0.1) is 0 Å². The molecule has 202 valence electrons. The van der Waals surface area contributed by atoms with Gasteiger partial charge in [0.25, 0.3) is 0 Å². The average Bonchev–Trinajstić information content (AvgIpc) is 3.45. The molecule has 1 aliphatic rings. The van der Waals surface area contributed by atoms with Crippen LogP contribution in [-0.4, -0.2) is 8.07 Å². The van der Waals surface area contributed by atoms with Crippen LogP contribution in [0.4, 0.5) is 0 Å². The van der Waals surface area contributed by atoms with Crippen LogP contribution in [0.25, 0.3) is 5.57 Å². The highest BCUT2D eigenvalue weighted by atomic mass is 28.3. The first-order chi connectivity index (χ1) is 18.3. The number of hydrogen-bond donors (Lipinski definition) is 0. The Morgan fingerprint density at radius 3 is 1.51 bits per heavy atom. The van der Waals surface area contributed by atoms with Crippen LogP contribution in [-0.2, 0) is 0 Å². The van der Waals surface area contributed by atoms with Crippen LogP contribution in [0.3, 0.4) is 0 Å². The molecule has 1 unspecified atom stereocenters. The predicted molar refractivity (Wildman–Crippen MR) is 169 cm³/mol. The van der Waals surface area contributed by atoms with E-state index in [9.17, 15) is 0 Å². The zero-order valence-electron chi connectivity index (χ0n) is 24.2. The molecule has 0 saturated heterocycles. The maximum Gasteiger partial charge on any atom is 0.115 e. The van der Waals surface area contributed by atoms with Gasteiger partial charge in [-0.05, 0) is 23.6 Å². The van der Waals surface area contributed by atoms with E-state index in [-0.39, 0.29) is 0 Å². The Labute approximate surface area is 230 Å². The molecule has 2 aromatic carbocycles. The first-order valence-corrected chi connectivity index (χ1v) is 18.5. The van der Waals surface area contributed by atoms with Crippen LogP contribution in [0.2, 0.25) is 12.6 Å². The maximum absolute atomic E-state index is 2.63. The molecule has 0 fully saturated rings. The van der Waals surface area contributed by atoms with Crippen molar-refractivity contribution >= 4 is 18.8 Å². The van der Waals surface area contributed by atoms with Gasteiger partial charge >= 0.3 is 0 Å². The molecule has 0 radical (unpaired) electrons. The van der Waals surface area contributed by atoms with Gasteiger partial charge in [0.15, 0.2) is 0 Å². The number of hydrogen-bond acceptors (Lipinski definition) is 0. The second-order valence-electron chi connectivity index (χ2n) is 11.6. The number of unbranched alkanes of at least 4 members (excludes halogenated alkanes) is 15.